The molecule has 8 heteroatoms. The van der Waals surface area contributed by atoms with Crippen LogP contribution in [0.25, 0.3) is 0 Å². The normalized spacial score (nSPS) is 12.3. The zero-order valence-corrected chi connectivity index (χ0v) is 10.6. The number of quaternary nitrogens is 1. The lowest BCUT2D eigenvalue weighted by molar-refractivity contribution is -0.883. The summed E-state index contributed by atoms with van der Waals surface area (Å²) >= 11 is 0. The van der Waals surface area contributed by atoms with E-state index in [1.807, 2.05) is 0 Å². The first-order chi connectivity index (χ1) is 7.96. The van der Waals surface area contributed by atoms with Gasteiger partial charge in [0, 0.05) is 20.0 Å². The van der Waals surface area contributed by atoms with Gasteiger partial charge in [0.2, 0.25) is 0 Å². The van der Waals surface area contributed by atoms with E-state index in [0.29, 0.717) is 17.9 Å². The van der Waals surface area contributed by atoms with Crippen LogP contribution >= 0.6 is 0 Å². The molecule has 0 spiro atoms. The number of halogens is 3. The van der Waals surface area contributed by atoms with Gasteiger partial charge in [-0.1, -0.05) is 0 Å². The van der Waals surface area contributed by atoms with E-state index in [0.717, 1.165) is 7.05 Å². The standard InChI is InChI=1S/C10H17F3N2O3/c1-14(9(18)10(11,12)13)5-4-6-15(2,3)7-8(16)17/h4-7H2,1-3H3/p+1. The molecule has 0 aromatic carbocycles. The summed E-state index contributed by atoms with van der Waals surface area (Å²) in [4.78, 5) is 21.9. The van der Waals surface area contributed by atoms with Gasteiger partial charge >= 0.3 is 18.1 Å². The molecule has 0 saturated heterocycles. The highest BCUT2D eigenvalue weighted by Gasteiger charge is 2.41. The molecule has 18 heavy (non-hydrogen) atoms. The summed E-state index contributed by atoms with van der Waals surface area (Å²) in [6.07, 6.45) is -4.56. The predicted octanol–water partition coefficient (Wildman–Crippen LogP) is 0.558. The van der Waals surface area contributed by atoms with Gasteiger partial charge < -0.3 is 14.5 Å². The molecule has 0 bridgehead atoms. The Morgan fingerprint density at radius 3 is 2.17 bits per heavy atom. The van der Waals surface area contributed by atoms with Crippen LogP contribution in [0.5, 0.6) is 0 Å². The molecule has 0 aromatic rings. The van der Waals surface area contributed by atoms with E-state index in [9.17, 15) is 22.8 Å². The lowest BCUT2D eigenvalue weighted by Gasteiger charge is -2.28. The third-order valence-electron chi connectivity index (χ3n) is 2.41. The summed E-state index contributed by atoms with van der Waals surface area (Å²) in [5, 5.41) is 8.62. The minimum atomic E-state index is -4.86. The van der Waals surface area contributed by atoms with Gasteiger partial charge in [-0.25, -0.2) is 4.79 Å². The van der Waals surface area contributed by atoms with Crippen molar-refractivity contribution < 1.29 is 32.3 Å². The highest BCUT2D eigenvalue weighted by atomic mass is 19.4. The average molecular weight is 271 g/mol. The number of alkyl halides is 3. The Kier molecular flexibility index (Phi) is 5.59. The van der Waals surface area contributed by atoms with Gasteiger partial charge in [0.25, 0.3) is 0 Å². The first kappa shape index (κ1) is 16.7. The van der Waals surface area contributed by atoms with Gasteiger partial charge in [-0.15, -0.1) is 0 Å². The Bertz CT molecular complexity index is 316. The van der Waals surface area contributed by atoms with Gasteiger partial charge in [-0.3, -0.25) is 4.79 Å². The van der Waals surface area contributed by atoms with E-state index in [-0.39, 0.29) is 17.6 Å². The smallest absolute Gasteiger partial charge is 0.471 e. The molecule has 0 saturated carbocycles. The number of aliphatic carboxylic acids is 1. The molecule has 0 unspecified atom stereocenters. The Labute approximate surface area is 103 Å². The second-order valence-corrected chi connectivity index (χ2v) is 4.79. The second-order valence-electron chi connectivity index (χ2n) is 4.79. The number of carbonyl (C=O) groups excluding carboxylic acids is 1. The van der Waals surface area contributed by atoms with Crippen LogP contribution in [0.4, 0.5) is 13.2 Å². The number of carboxylic acid groups (broad SMARTS) is 1. The molecule has 0 rings (SSSR count). The SMILES string of the molecule is CN(CCC[N+](C)(C)CC(=O)O)C(=O)C(F)(F)F. The molecule has 106 valence electrons. The molecule has 0 radical (unpaired) electrons. The zero-order chi connectivity index (χ0) is 14.6. The van der Waals surface area contributed by atoms with Gasteiger partial charge in [0.15, 0.2) is 6.54 Å². The van der Waals surface area contributed by atoms with Crippen molar-refractivity contribution in [1.82, 2.24) is 4.90 Å². The average Bonchev–Trinajstić information content (AvgIpc) is 2.12. The van der Waals surface area contributed by atoms with Crippen LogP contribution in [-0.4, -0.2) is 73.3 Å². The summed E-state index contributed by atoms with van der Waals surface area (Å²) in [6, 6.07) is 0. The Morgan fingerprint density at radius 2 is 1.78 bits per heavy atom. The number of rotatable bonds is 6. The van der Waals surface area contributed by atoms with Crippen LogP contribution in [0.15, 0.2) is 0 Å². The van der Waals surface area contributed by atoms with Crippen molar-refractivity contribution >= 4 is 11.9 Å². The fraction of sp³-hybridized carbons (Fsp3) is 0.800. The maximum atomic E-state index is 12.1. The largest absolute Gasteiger partial charge is 0.477 e. The van der Waals surface area contributed by atoms with Gasteiger partial charge in [-0.05, 0) is 0 Å². The van der Waals surface area contributed by atoms with E-state index in [4.69, 9.17) is 5.11 Å². The van der Waals surface area contributed by atoms with Crippen molar-refractivity contribution in [1.29, 1.82) is 0 Å². The molecule has 0 atom stereocenters. The van der Waals surface area contributed by atoms with Crippen molar-refractivity contribution in [3.05, 3.63) is 0 Å². The van der Waals surface area contributed by atoms with Crippen LogP contribution in [0.2, 0.25) is 0 Å². The van der Waals surface area contributed by atoms with E-state index in [2.05, 4.69) is 0 Å². The van der Waals surface area contributed by atoms with Crippen molar-refractivity contribution in [2.45, 2.75) is 12.6 Å². The predicted molar refractivity (Wildman–Crippen MR) is 57.8 cm³/mol. The third-order valence-corrected chi connectivity index (χ3v) is 2.41. The van der Waals surface area contributed by atoms with Crippen LogP contribution in [-0.2, 0) is 9.59 Å². The van der Waals surface area contributed by atoms with Crippen molar-refractivity contribution in [2.24, 2.45) is 0 Å². The zero-order valence-electron chi connectivity index (χ0n) is 10.6. The Hall–Kier alpha value is -1.31. The summed E-state index contributed by atoms with van der Waals surface area (Å²) in [5.41, 5.74) is 0. The van der Waals surface area contributed by atoms with E-state index < -0.39 is 18.1 Å². The Balaban J connectivity index is 4.12. The van der Waals surface area contributed by atoms with E-state index in [1.165, 1.54) is 0 Å². The molecule has 0 aliphatic carbocycles. The molecule has 1 N–H and O–H groups in total. The first-order valence-electron chi connectivity index (χ1n) is 5.32. The van der Waals surface area contributed by atoms with E-state index >= 15 is 0 Å². The van der Waals surface area contributed by atoms with Crippen LogP contribution in [0.1, 0.15) is 6.42 Å². The molecule has 5 nitrogen and oxygen atoms in total. The fourth-order valence-corrected chi connectivity index (χ4v) is 1.50. The number of hydrogen-bond donors (Lipinski definition) is 1. The van der Waals surface area contributed by atoms with E-state index in [1.54, 1.807) is 14.1 Å². The Morgan fingerprint density at radius 1 is 1.28 bits per heavy atom. The lowest BCUT2D eigenvalue weighted by Crippen LogP contribution is -2.46. The minimum Gasteiger partial charge on any atom is -0.477 e. The highest BCUT2D eigenvalue weighted by molar-refractivity contribution is 5.81. The summed E-state index contributed by atoms with van der Waals surface area (Å²) in [5.74, 6) is -2.86. The molecular weight excluding hydrogens is 253 g/mol. The molecule has 0 aromatic heterocycles. The minimum absolute atomic E-state index is 0.0559. The topological polar surface area (TPSA) is 57.6 Å². The maximum absolute atomic E-state index is 12.1. The maximum Gasteiger partial charge on any atom is 0.471 e. The summed E-state index contributed by atoms with van der Waals surface area (Å²) in [7, 11) is 4.41. The highest BCUT2D eigenvalue weighted by Crippen LogP contribution is 2.17. The van der Waals surface area contributed by atoms with Crippen molar-refractivity contribution in [2.75, 3.05) is 40.8 Å². The van der Waals surface area contributed by atoms with Crippen LogP contribution in [0.3, 0.4) is 0 Å². The first-order valence-corrected chi connectivity index (χ1v) is 5.32. The number of hydrogen-bond acceptors (Lipinski definition) is 2. The molecule has 0 fully saturated rings. The van der Waals surface area contributed by atoms with Crippen molar-refractivity contribution in [3.63, 3.8) is 0 Å². The number of carbonyl (C=O) groups is 2. The quantitative estimate of drug-likeness (QED) is 0.718. The number of carboxylic acids is 1. The monoisotopic (exact) mass is 271 g/mol. The molecule has 1 amide bonds. The summed E-state index contributed by atoms with van der Waals surface area (Å²) in [6.45, 7) is 0.207. The van der Waals surface area contributed by atoms with Crippen LogP contribution in [0, 0.1) is 0 Å². The lowest BCUT2D eigenvalue weighted by atomic mass is 10.3. The fourth-order valence-electron chi connectivity index (χ4n) is 1.50. The molecule has 0 aliphatic heterocycles. The molecule has 0 aliphatic rings. The van der Waals surface area contributed by atoms with Crippen LogP contribution < -0.4 is 0 Å². The van der Waals surface area contributed by atoms with Gasteiger partial charge in [-0.2, -0.15) is 13.2 Å². The van der Waals surface area contributed by atoms with Gasteiger partial charge in [0.05, 0.1) is 20.6 Å². The molecular formula is C10H18F3N2O3+. The third kappa shape index (κ3) is 6.43. The second kappa shape index (κ2) is 6.03. The molecule has 0 heterocycles. The number of amides is 1. The summed E-state index contributed by atoms with van der Waals surface area (Å²) < 4.78 is 36.3. The number of nitrogens with zero attached hydrogens (tertiary/aromatic N) is 2. The number of likely N-dealkylation sites (N-methyl/N-ethyl adjacent to an activating group) is 1. The van der Waals surface area contributed by atoms with Gasteiger partial charge in [0.1, 0.15) is 0 Å². The van der Waals surface area contributed by atoms with Crippen molar-refractivity contribution in [3.8, 4) is 0 Å².